The Morgan fingerprint density at radius 1 is 1.45 bits per heavy atom. The second kappa shape index (κ2) is 6.81. The lowest BCUT2D eigenvalue weighted by atomic mass is 10.0. The molecule has 1 aromatic carbocycles. The van der Waals surface area contributed by atoms with E-state index in [-0.39, 0.29) is 5.91 Å². The molecule has 0 saturated heterocycles. The van der Waals surface area contributed by atoms with E-state index in [1.165, 1.54) is 0 Å². The number of hydrogen-bond donors (Lipinski definition) is 2. The van der Waals surface area contributed by atoms with Gasteiger partial charge in [0.05, 0.1) is 6.04 Å². The predicted octanol–water partition coefficient (Wildman–Crippen LogP) is 1.86. The number of para-hydroxylation sites is 1. The number of nitrogens with zero attached hydrogens (tertiary/aromatic N) is 1. The van der Waals surface area contributed by atoms with Crippen LogP contribution in [0.25, 0.3) is 10.9 Å². The average Bonchev–Trinajstić information content (AvgIpc) is 2.87. The molecule has 5 heteroatoms. The summed E-state index contributed by atoms with van der Waals surface area (Å²) >= 11 is 1.73. The first-order chi connectivity index (χ1) is 9.63. The van der Waals surface area contributed by atoms with E-state index in [0.29, 0.717) is 6.42 Å². The van der Waals surface area contributed by atoms with Crippen LogP contribution in [0.15, 0.2) is 30.5 Å². The maximum Gasteiger partial charge on any atom is 0.239 e. The van der Waals surface area contributed by atoms with Crippen molar-refractivity contribution in [1.82, 2.24) is 9.88 Å². The quantitative estimate of drug-likeness (QED) is 0.854. The first kappa shape index (κ1) is 14.9. The molecule has 1 heterocycles. The van der Waals surface area contributed by atoms with E-state index < -0.39 is 6.04 Å². The summed E-state index contributed by atoms with van der Waals surface area (Å²) in [5.74, 6) is 0.937. The topological polar surface area (TPSA) is 62.1 Å². The monoisotopic (exact) mass is 291 g/mol. The van der Waals surface area contributed by atoms with Crippen LogP contribution >= 0.6 is 11.8 Å². The standard InChI is InChI=1S/C15H21N3OS/c1-18(7-8-20-2)15(19)13(16)9-11-10-17-14-6-4-3-5-12(11)14/h3-6,10,13,17H,7-9,16H2,1-2H3/t13-/m1/s1. The van der Waals surface area contributed by atoms with Crippen LogP contribution in [0.2, 0.25) is 0 Å². The van der Waals surface area contributed by atoms with Gasteiger partial charge in [-0.2, -0.15) is 11.8 Å². The van der Waals surface area contributed by atoms with Crippen molar-refractivity contribution in [1.29, 1.82) is 0 Å². The molecule has 0 aliphatic rings. The van der Waals surface area contributed by atoms with Crippen LogP contribution < -0.4 is 5.73 Å². The van der Waals surface area contributed by atoms with Crippen molar-refractivity contribution in [3.63, 3.8) is 0 Å². The zero-order chi connectivity index (χ0) is 14.5. The van der Waals surface area contributed by atoms with Gasteiger partial charge < -0.3 is 15.6 Å². The van der Waals surface area contributed by atoms with Gasteiger partial charge in [-0.15, -0.1) is 0 Å². The largest absolute Gasteiger partial charge is 0.361 e. The Hall–Kier alpha value is -1.46. The number of aromatic amines is 1. The van der Waals surface area contributed by atoms with Crippen molar-refractivity contribution in [3.8, 4) is 0 Å². The molecule has 0 aliphatic carbocycles. The maximum atomic E-state index is 12.2. The van der Waals surface area contributed by atoms with Crippen molar-refractivity contribution < 1.29 is 4.79 Å². The normalized spacial score (nSPS) is 12.6. The third-order valence-electron chi connectivity index (χ3n) is 3.44. The summed E-state index contributed by atoms with van der Waals surface area (Å²) in [7, 11) is 1.81. The van der Waals surface area contributed by atoms with Crippen LogP contribution in [-0.2, 0) is 11.2 Å². The van der Waals surface area contributed by atoms with Gasteiger partial charge in [-0.05, 0) is 24.3 Å². The summed E-state index contributed by atoms with van der Waals surface area (Å²) in [5, 5.41) is 1.14. The fraction of sp³-hybridized carbons (Fsp3) is 0.400. The van der Waals surface area contributed by atoms with Gasteiger partial charge in [-0.1, -0.05) is 18.2 Å². The van der Waals surface area contributed by atoms with Crippen molar-refractivity contribution in [2.75, 3.05) is 25.6 Å². The highest BCUT2D eigenvalue weighted by atomic mass is 32.2. The summed E-state index contributed by atoms with van der Waals surface area (Å²) in [5.41, 5.74) is 8.24. The van der Waals surface area contributed by atoms with Crippen molar-refractivity contribution in [3.05, 3.63) is 36.0 Å². The van der Waals surface area contributed by atoms with E-state index in [2.05, 4.69) is 11.1 Å². The molecular weight excluding hydrogens is 270 g/mol. The fourth-order valence-corrected chi connectivity index (χ4v) is 2.70. The minimum absolute atomic E-state index is 0.00401. The number of aromatic nitrogens is 1. The summed E-state index contributed by atoms with van der Waals surface area (Å²) in [6.07, 6.45) is 4.54. The molecule has 0 bridgehead atoms. The molecule has 108 valence electrons. The Balaban J connectivity index is 2.03. The maximum absolute atomic E-state index is 12.2. The second-order valence-electron chi connectivity index (χ2n) is 4.92. The molecule has 20 heavy (non-hydrogen) atoms. The minimum atomic E-state index is -0.485. The first-order valence-electron chi connectivity index (χ1n) is 6.68. The van der Waals surface area contributed by atoms with Crippen LogP contribution in [0.1, 0.15) is 5.56 Å². The van der Waals surface area contributed by atoms with E-state index in [1.54, 1.807) is 16.7 Å². The lowest BCUT2D eigenvalue weighted by Gasteiger charge is -2.20. The van der Waals surface area contributed by atoms with E-state index in [1.807, 2.05) is 37.7 Å². The number of carbonyl (C=O) groups excluding carboxylic acids is 1. The predicted molar refractivity (Wildman–Crippen MR) is 86.0 cm³/mol. The SMILES string of the molecule is CSCCN(C)C(=O)[C@H](N)Cc1c[nH]c2ccccc12. The Kier molecular flexibility index (Phi) is 5.09. The number of amides is 1. The summed E-state index contributed by atoms with van der Waals surface area (Å²) < 4.78 is 0. The summed E-state index contributed by atoms with van der Waals surface area (Å²) in [6, 6.07) is 7.58. The molecule has 3 N–H and O–H groups in total. The molecule has 1 atom stereocenters. The molecule has 1 amide bonds. The van der Waals surface area contributed by atoms with Crippen molar-refractivity contribution in [2.24, 2.45) is 5.73 Å². The molecule has 0 aliphatic heterocycles. The third-order valence-corrected chi connectivity index (χ3v) is 4.03. The molecule has 0 saturated carbocycles. The molecule has 2 aromatic rings. The van der Waals surface area contributed by atoms with Crippen LogP contribution in [0.5, 0.6) is 0 Å². The van der Waals surface area contributed by atoms with Crippen molar-refractivity contribution in [2.45, 2.75) is 12.5 Å². The summed E-state index contributed by atoms with van der Waals surface area (Å²) in [4.78, 5) is 17.1. The second-order valence-corrected chi connectivity index (χ2v) is 5.91. The van der Waals surface area contributed by atoms with Gasteiger partial charge in [0, 0.05) is 36.4 Å². The molecule has 4 nitrogen and oxygen atoms in total. The lowest BCUT2D eigenvalue weighted by molar-refractivity contribution is -0.131. The molecule has 1 aromatic heterocycles. The number of thioether (sulfide) groups is 1. The Morgan fingerprint density at radius 3 is 2.95 bits per heavy atom. The van der Waals surface area contributed by atoms with Gasteiger partial charge in [-0.25, -0.2) is 0 Å². The number of benzene rings is 1. The minimum Gasteiger partial charge on any atom is -0.361 e. The van der Waals surface area contributed by atoms with Crippen LogP contribution in [0, 0.1) is 0 Å². The number of nitrogens with one attached hydrogen (secondary N) is 1. The van der Waals surface area contributed by atoms with Crippen molar-refractivity contribution >= 4 is 28.6 Å². The van der Waals surface area contributed by atoms with Gasteiger partial charge >= 0.3 is 0 Å². The number of carbonyl (C=O) groups is 1. The van der Waals surface area contributed by atoms with Crippen LogP contribution in [-0.4, -0.2) is 47.4 Å². The zero-order valence-corrected chi connectivity index (χ0v) is 12.7. The van der Waals surface area contributed by atoms with Gasteiger partial charge in [-0.3, -0.25) is 4.79 Å². The molecule has 0 radical (unpaired) electrons. The molecule has 0 spiro atoms. The first-order valence-corrected chi connectivity index (χ1v) is 8.07. The van der Waals surface area contributed by atoms with E-state index in [4.69, 9.17) is 5.73 Å². The highest BCUT2D eigenvalue weighted by Gasteiger charge is 2.19. The van der Waals surface area contributed by atoms with Gasteiger partial charge in [0.1, 0.15) is 0 Å². The Bertz CT molecular complexity index is 581. The Morgan fingerprint density at radius 2 is 2.20 bits per heavy atom. The molecule has 2 rings (SSSR count). The van der Waals surface area contributed by atoms with Crippen LogP contribution in [0.3, 0.4) is 0 Å². The highest BCUT2D eigenvalue weighted by molar-refractivity contribution is 7.98. The van der Waals surface area contributed by atoms with Gasteiger partial charge in [0.15, 0.2) is 0 Å². The average molecular weight is 291 g/mol. The third kappa shape index (κ3) is 3.35. The van der Waals surface area contributed by atoms with E-state index >= 15 is 0 Å². The molecule has 0 fully saturated rings. The highest BCUT2D eigenvalue weighted by Crippen LogP contribution is 2.19. The summed E-state index contributed by atoms with van der Waals surface area (Å²) in [6.45, 7) is 0.738. The Labute approximate surface area is 123 Å². The number of H-pyrrole nitrogens is 1. The molecular formula is C15H21N3OS. The number of nitrogens with two attached hydrogens (primary N) is 1. The lowest BCUT2D eigenvalue weighted by Crippen LogP contribution is -2.43. The van der Waals surface area contributed by atoms with Gasteiger partial charge in [0.25, 0.3) is 0 Å². The fourth-order valence-electron chi connectivity index (χ4n) is 2.25. The van der Waals surface area contributed by atoms with Gasteiger partial charge in [0.2, 0.25) is 5.91 Å². The number of hydrogen-bond acceptors (Lipinski definition) is 3. The molecule has 0 unspecified atom stereocenters. The number of fused-ring (bicyclic) bond motifs is 1. The number of likely N-dealkylation sites (N-methyl/N-ethyl adjacent to an activating group) is 1. The van der Waals surface area contributed by atoms with E-state index in [0.717, 1.165) is 28.8 Å². The van der Waals surface area contributed by atoms with E-state index in [9.17, 15) is 4.79 Å². The zero-order valence-electron chi connectivity index (χ0n) is 11.9. The number of rotatable bonds is 6. The smallest absolute Gasteiger partial charge is 0.239 e. The van der Waals surface area contributed by atoms with Crippen LogP contribution in [0.4, 0.5) is 0 Å².